The number of rotatable bonds is 8. The van der Waals surface area contributed by atoms with Gasteiger partial charge in [0.15, 0.2) is 11.5 Å². The molecule has 0 aliphatic carbocycles. The number of nitrogens with zero attached hydrogens (tertiary/aromatic N) is 1. The number of halogens is 1. The summed E-state index contributed by atoms with van der Waals surface area (Å²) in [5, 5.41) is 4.01. The van der Waals surface area contributed by atoms with Gasteiger partial charge in [0, 0.05) is 11.1 Å². The molecule has 3 rings (SSSR count). The van der Waals surface area contributed by atoms with E-state index in [0.29, 0.717) is 29.2 Å². The highest BCUT2D eigenvalue weighted by Gasteiger charge is 2.09. The second kappa shape index (κ2) is 10.2. The van der Waals surface area contributed by atoms with Crippen molar-refractivity contribution in [1.29, 1.82) is 0 Å². The summed E-state index contributed by atoms with van der Waals surface area (Å²) in [5.74, 6) is 0.410. The van der Waals surface area contributed by atoms with Gasteiger partial charge < -0.3 is 9.47 Å². The number of hydrogen-bond donors (Lipinski definition) is 1. The van der Waals surface area contributed by atoms with Gasteiger partial charge in [-0.3, -0.25) is 4.79 Å². The van der Waals surface area contributed by atoms with E-state index in [4.69, 9.17) is 9.47 Å². The quantitative estimate of drug-likeness (QED) is 0.429. The van der Waals surface area contributed by atoms with E-state index in [0.717, 1.165) is 11.1 Å². The molecule has 0 saturated carbocycles. The Kier molecular flexibility index (Phi) is 7.16. The van der Waals surface area contributed by atoms with E-state index in [1.807, 2.05) is 26.0 Å². The van der Waals surface area contributed by atoms with Crippen molar-refractivity contribution in [3.63, 3.8) is 0 Å². The molecule has 6 heteroatoms. The van der Waals surface area contributed by atoms with Crippen molar-refractivity contribution in [1.82, 2.24) is 5.43 Å². The molecule has 0 fully saturated rings. The molecule has 0 aromatic heterocycles. The van der Waals surface area contributed by atoms with Crippen LogP contribution in [0.1, 0.15) is 34.0 Å². The smallest absolute Gasteiger partial charge is 0.271 e. The van der Waals surface area contributed by atoms with E-state index >= 15 is 0 Å². The van der Waals surface area contributed by atoms with Gasteiger partial charge >= 0.3 is 0 Å². The van der Waals surface area contributed by atoms with Crippen LogP contribution in [-0.4, -0.2) is 18.7 Å². The van der Waals surface area contributed by atoms with Crippen LogP contribution < -0.4 is 14.9 Å². The van der Waals surface area contributed by atoms with Crippen LogP contribution in [0.5, 0.6) is 11.5 Å². The summed E-state index contributed by atoms with van der Waals surface area (Å²) in [6.07, 6.45) is 1.52. The number of carbonyl (C=O) groups excluding carboxylic acids is 1. The van der Waals surface area contributed by atoms with Crippen LogP contribution in [0, 0.1) is 12.7 Å². The lowest BCUT2D eigenvalue weighted by Gasteiger charge is -2.13. The van der Waals surface area contributed by atoms with Crippen molar-refractivity contribution in [3.8, 4) is 11.5 Å². The van der Waals surface area contributed by atoms with Crippen molar-refractivity contribution in [2.75, 3.05) is 6.61 Å². The first-order valence-electron chi connectivity index (χ1n) is 9.60. The Labute approximate surface area is 175 Å². The van der Waals surface area contributed by atoms with Crippen molar-refractivity contribution in [3.05, 3.63) is 94.8 Å². The Bertz CT molecular complexity index is 1030. The second-order valence-electron chi connectivity index (χ2n) is 6.58. The number of aryl methyl sites for hydroxylation is 1. The highest BCUT2D eigenvalue weighted by molar-refractivity contribution is 5.94. The molecule has 0 spiro atoms. The average Bonchev–Trinajstić information content (AvgIpc) is 2.75. The number of amides is 1. The molecule has 0 atom stereocenters. The van der Waals surface area contributed by atoms with Gasteiger partial charge in [0.2, 0.25) is 0 Å². The van der Waals surface area contributed by atoms with Crippen molar-refractivity contribution in [2.24, 2.45) is 5.10 Å². The van der Waals surface area contributed by atoms with Gasteiger partial charge in [0.1, 0.15) is 12.4 Å². The molecule has 30 heavy (non-hydrogen) atoms. The molecule has 0 bridgehead atoms. The Morgan fingerprint density at radius 2 is 1.80 bits per heavy atom. The maximum atomic E-state index is 13.8. The lowest BCUT2D eigenvalue weighted by Crippen LogP contribution is -2.17. The highest BCUT2D eigenvalue weighted by Crippen LogP contribution is 2.29. The Morgan fingerprint density at radius 1 is 1.03 bits per heavy atom. The molecule has 0 radical (unpaired) electrons. The summed E-state index contributed by atoms with van der Waals surface area (Å²) in [4.78, 5) is 12.1. The van der Waals surface area contributed by atoms with E-state index < -0.39 is 0 Å². The van der Waals surface area contributed by atoms with Crippen LogP contribution in [0.4, 0.5) is 4.39 Å². The molecule has 0 unspecified atom stereocenters. The molecule has 1 N–H and O–H groups in total. The fourth-order valence-corrected chi connectivity index (χ4v) is 2.70. The molecule has 5 nitrogen and oxygen atoms in total. The summed E-state index contributed by atoms with van der Waals surface area (Å²) >= 11 is 0. The Balaban J connectivity index is 1.66. The summed E-state index contributed by atoms with van der Waals surface area (Å²) in [6, 6.07) is 19.0. The molecular weight excluding hydrogens is 383 g/mol. The van der Waals surface area contributed by atoms with Crippen LogP contribution in [0.3, 0.4) is 0 Å². The molecule has 1 amide bonds. The van der Waals surface area contributed by atoms with Gasteiger partial charge in [0.05, 0.1) is 12.8 Å². The van der Waals surface area contributed by atoms with Crippen LogP contribution in [-0.2, 0) is 6.61 Å². The van der Waals surface area contributed by atoms with Gasteiger partial charge in [-0.15, -0.1) is 0 Å². The first-order valence-corrected chi connectivity index (χ1v) is 9.60. The van der Waals surface area contributed by atoms with Gasteiger partial charge in [-0.05, 0) is 55.8 Å². The number of ether oxygens (including phenoxy) is 2. The van der Waals surface area contributed by atoms with Crippen LogP contribution >= 0.6 is 0 Å². The van der Waals surface area contributed by atoms with Crippen molar-refractivity contribution >= 4 is 12.1 Å². The molecule has 3 aromatic carbocycles. The zero-order chi connectivity index (χ0) is 21.3. The number of nitrogens with one attached hydrogen (secondary N) is 1. The predicted molar refractivity (Wildman–Crippen MR) is 115 cm³/mol. The van der Waals surface area contributed by atoms with Crippen LogP contribution in [0.25, 0.3) is 0 Å². The zero-order valence-electron chi connectivity index (χ0n) is 16.9. The minimum atomic E-state index is -0.316. The number of hydrazone groups is 1. The highest BCUT2D eigenvalue weighted by atomic mass is 19.1. The van der Waals surface area contributed by atoms with E-state index in [9.17, 15) is 9.18 Å². The monoisotopic (exact) mass is 406 g/mol. The summed E-state index contributed by atoms with van der Waals surface area (Å²) in [5.41, 5.74) is 5.30. The standard InChI is InChI=1S/C24H23FN2O3/c1-3-29-23-14-18(15-26-27-24(28)19-11-8-17(2)9-12-19)10-13-22(23)30-16-20-6-4-5-7-21(20)25/h4-15H,3,16H2,1-2H3,(H,27,28)/b26-15-. The number of hydrogen-bond acceptors (Lipinski definition) is 4. The van der Waals surface area contributed by atoms with Gasteiger partial charge in [-0.2, -0.15) is 5.10 Å². The molecular formula is C24H23FN2O3. The lowest BCUT2D eigenvalue weighted by atomic mass is 10.1. The van der Waals surface area contributed by atoms with E-state index in [2.05, 4.69) is 10.5 Å². The topological polar surface area (TPSA) is 59.9 Å². The normalized spacial score (nSPS) is 10.8. The number of carbonyl (C=O) groups is 1. The molecule has 0 heterocycles. The molecule has 0 saturated heterocycles. The van der Waals surface area contributed by atoms with Crippen molar-refractivity contribution < 1.29 is 18.7 Å². The second-order valence-corrected chi connectivity index (χ2v) is 6.58. The van der Waals surface area contributed by atoms with Gasteiger partial charge in [-0.25, -0.2) is 9.82 Å². The third-order valence-electron chi connectivity index (χ3n) is 4.30. The van der Waals surface area contributed by atoms with Crippen molar-refractivity contribution in [2.45, 2.75) is 20.5 Å². The van der Waals surface area contributed by atoms with Crippen LogP contribution in [0.15, 0.2) is 71.8 Å². The largest absolute Gasteiger partial charge is 0.490 e. The van der Waals surface area contributed by atoms with Crippen LogP contribution in [0.2, 0.25) is 0 Å². The SMILES string of the molecule is CCOc1cc(/C=N\NC(=O)c2ccc(C)cc2)ccc1OCc1ccccc1F. The minimum Gasteiger partial charge on any atom is -0.490 e. The summed E-state index contributed by atoms with van der Waals surface area (Å²) in [6.45, 7) is 4.36. The van der Waals surface area contributed by atoms with E-state index in [1.165, 1.54) is 12.3 Å². The van der Waals surface area contributed by atoms with E-state index in [-0.39, 0.29) is 18.3 Å². The molecule has 0 aliphatic rings. The summed E-state index contributed by atoms with van der Waals surface area (Å²) in [7, 11) is 0. The minimum absolute atomic E-state index is 0.0901. The lowest BCUT2D eigenvalue weighted by molar-refractivity contribution is 0.0955. The van der Waals surface area contributed by atoms with E-state index in [1.54, 1.807) is 48.5 Å². The molecule has 3 aromatic rings. The molecule has 0 aliphatic heterocycles. The first kappa shape index (κ1) is 21.0. The first-order chi connectivity index (χ1) is 14.6. The predicted octanol–water partition coefficient (Wildman–Crippen LogP) is 4.88. The Hall–Kier alpha value is -3.67. The van der Waals surface area contributed by atoms with Gasteiger partial charge in [-0.1, -0.05) is 35.9 Å². The zero-order valence-corrected chi connectivity index (χ0v) is 16.9. The summed E-state index contributed by atoms with van der Waals surface area (Å²) < 4.78 is 25.2. The third-order valence-corrected chi connectivity index (χ3v) is 4.30. The average molecular weight is 406 g/mol. The Morgan fingerprint density at radius 3 is 2.53 bits per heavy atom. The third kappa shape index (κ3) is 5.67. The fourth-order valence-electron chi connectivity index (χ4n) is 2.70. The van der Waals surface area contributed by atoms with Gasteiger partial charge in [0.25, 0.3) is 5.91 Å². The number of benzene rings is 3. The molecule has 154 valence electrons. The maximum Gasteiger partial charge on any atom is 0.271 e. The maximum absolute atomic E-state index is 13.8. The fraction of sp³-hybridized carbons (Fsp3) is 0.167.